The normalized spacial score (nSPS) is 21.9. The third-order valence-corrected chi connectivity index (χ3v) is 36.1. The fraction of sp³-hybridized carbons (Fsp3) is 0.360. The van der Waals surface area contributed by atoms with Crippen LogP contribution >= 0.6 is 54.5 Å². The van der Waals surface area contributed by atoms with Crippen LogP contribution in [-0.4, -0.2) is 0 Å². The number of benzene rings is 14. The Morgan fingerprint density at radius 1 is 0.295 bits per heavy atom. The van der Waals surface area contributed by atoms with Crippen LogP contribution in [0.4, 0.5) is 45.5 Å². The SMILES string of the molecule is Brc1ccc2cc3c(cc2c1)C1(c2cc(Br)c4c(sc5ccccc54)c2-3)C2CC3CC(C2)CC1C3.C.CC(C)(C)c1ccc(N(c2ccc(C(C)(C)C)cc2)c2ccc3cc4c(cc3c2)C2(c3cc(N(c5ccc(C(C)(C)C)cc5)c5ccc(C(C)(C)C)cc5)c5c(sc6ccccc65)c3-4)C3CC4CC(C3)CC2C4)cc1.CC(C)(C)c1ccc(Nc2ccc(C(C)(C)C)cc2)cc1. The largest absolute Gasteiger partial charge is 0.356 e. The van der Waals surface area contributed by atoms with Gasteiger partial charge in [0.2, 0.25) is 0 Å². The lowest BCUT2D eigenvalue weighted by atomic mass is 9.43. The molecule has 132 heavy (non-hydrogen) atoms. The summed E-state index contributed by atoms with van der Waals surface area (Å²) in [5.41, 5.74) is 31.0. The van der Waals surface area contributed by atoms with E-state index in [-0.39, 0.29) is 50.7 Å². The molecule has 0 saturated heterocycles. The number of thiophene rings is 2. The average molecular weight is 1900 g/mol. The number of hydrogen-bond acceptors (Lipinski definition) is 5. The fourth-order valence-electron chi connectivity index (χ4n) is 26.4. The number of fused-ring (bicyclic) bond motifs is 16. The second-order valence-corrected chi connectivity index (χ2v) is 50.9. The molecular formula is C125H131Br2N3S2. The highest BCUT2D eigenvalue weighted by molar-refractivity contribution is 9.11. The number of rotatable bonds is 8. The van der Waals surface area contributed by atoms with E-state index in [1.54, 1.807) is 27.8 Å². The lowest BCUT2D eigenvalue weighted by Crippen LogP contribution is -2.55. The number of hydrogen-bond donors (Lipinski definition) is 1. The van der Waals surface area contributed by atoms with E-state index in [0.717, 1.165) is 46.9 Å². The lowest BCUT2D eigenvalue weighted by molar-refractivity contribution is -0.0399. The molecule has 0 atom stereocenters. The summed E-state index contributed by atoms with van der Waals surface area (Å²) >= 11 is 11.9. The minimum Gasteiger partial charge on any atom is -0.356 e. The summed E-state index contributed by atoms with van der Waals surface area (Å²) in [4.78, 5) is 5.12. The molecule has 2 aromatic heterocycles. The highest BCUT2D eigenvalue weighted by Crippen LogP contribution is 2.74. The Morgan fingerprint density at radius 2 is 0.614 bits per heavy atom. The maximum absolute atomic E-state index is 4.10. The first-order valence-corrected chi connectivity index (χ1v) is 52.1. The van der Waals surface area contributed by atoms with Crippen LogP contribution in [0.2, 0.25) is 0 Å². The topological polar surface area (TPSA) is 18.5 Å². The summed E-state index contributed by atoms with van der Waals surface area (Å²) in [6.45, 7) is 41.2. The molecule has 672 valence electrons. The van der Waals surface area contributed by atoms with Gasteiger partial charge in [0.1, 0.15) is 0 Å². The summed E-state index contributed by atoms with van der Waals surface area (Å²) < 4.78 is 8.15. The lowest BCUT2D eigenvalue weighted by Gasteiger charge is -2.61. The molecule has 2 heterocycles. The molecule has 2 spiro atoms. The highest BCUT2D eigenvalue weighted by Gasteiger charge is 2.64. The minimum absolute atomic E-state index is 0. The van der Waals surface area contributed by atoms with E-state index in [1.807, 2.05) is 22.7 Å². The van der Waals surface area contributed by atoms with Crippen LogP contribution in [0.25, 0.3) is 84.1 Å². The van der Waals surface area contributed by atoms with Crippen molar-refractivity contribution in [2.24, 2.45) is 47.3 Å². The maximum atomic E-state index is 4.10. The molecule has 10 aliphatic carbocycles. The predicted octanol–water partition coefficient (Wildman–Crippen LogP) is 38.2. The Balaban J connectivity index is 0.000000150. The summed E-state index contributed by atoms with van der Waals surface area (Å²) in [6, 6.07) is 103. The molecule has 8 fully saturated rings. The summed E-state index contributed by atoms with van der Waals surface area (Å²) in [6.07, 6.45) is 13.9. The second kappa shape index (κ2) is 32.3. The van der Waals surface area contributed by atoms with E-state index in [9.17, 15) is 0 Å². The van der Waals surface area contributed by atoms with Crippen LogP contribution in [0.3, 0.4) is 0 Å². The van der Waals surface area contributed by atoms with Gasteiger partial charge in [-0.15, -0.1) is 22.7 Å². The van der Waals surface area contributed by atoms with E-state index in [0.29, 0.717) is 11.8 Å². The molecule has 0 amide bonds. The molecule has 7 heteroatoms. The average Bonchev–Trinajstić information content (AvgIpc) is 1.50. The van der Waals surface area contributed by atoms with Crippen LogP contribution in [0.15, 0.2) is 276 Å². The van der Waals surface area contributed by atoms with Crippen molar-refractivity contribution in [3.63, 3.8) is 0 Å². The monoisotopic (exact) mass is 1900 g/mol. The van der Waals surface area contributed by atoms with Gasteiger partial charge in [-0.2, -0.15) is 0 Å². The Kier molecular flexibility index (Phi) is 21.8. The first kappa shape index (κ1) is 89.0. The molecule has 1 N–H and O–H groups in total. The van der Waals surface area contributed by atoms with E-state index in [2.05, 4.69) is 439 Å². The maximum Gasteiger partial charge on any atom is 0.0558 e. The first-order valence-electron chi connectivity index (χ1n) is 48.9. The zero-order valence-electron chi connectivity index (χ0n) is 80.1. The van der Waals surface area contributed by atoms with Crippen LogP contribution in [0.1, 0.15) is 252 Å². The third kappa shape index (κ3) is 15.0. The van der Waals surface area contributed by atoms with Gasteiger partial charge < -0.3 is 15.1 Å². The summed E-state index contributed by atoms with van der Waals surface area (Å²) in [5.74, 6) is 6.38. The van der Waals surface area contributed by atoms with Gasteiger partial charge in [-0.1, -0.05) is 285 Å². The van der Waals surface area contributed by atoms with Crippen molar-refractivity contribution in [3.8, 4) is 22.3 Å². The van der Waals surface area contributed by atoms with Crippen molar-refractivity contribution >= 4 is 162 Å². The van der Waals surface area contributed by atoms with Crippen molar-refractivity contribution in [2.75, 3.05) is 15.1 Å². The standard InChI is InChI=1S/C72H76N2S.C32H24Br2S.C20H27N.CH4/c1-68(2,3)48-18-27-54(28-19-48)73(55-29-20-49(21-30-55)69(4,5)6)58-26-17-46-41-60-61(42-47(46)40-58)72(52-36-44-35-45(38-52)39-53(72)37-44)62-43-63(66-59-15-13-14-16-64(59)75-67(66)65(60)62)74(56-31-22-50(23-32-56)70(7,8)9)57-33-24-51(25-34-57)71(10,11)12;33-22-6-5-18-13-24-25(14-19(18)12-22)32(20-8-16-7-17(10-20)11-21(32)9-16)26-15-27(34)30-23-3-1-2-4-28(23)35-31(30)29(24)26;1-19(2,3)15-7-11-17(12-8-15)21-18-13-9-16(10-14-18)20(4,5)6;/h13-34,40-45,52-53H,35-39H2,1-12H3;1-6,12-17,20-21H,7-11H2;7-14,21H,1-6H3;1H4. The van der Waals surface area contributed by atoms with Crippen LogP contribution in [-0.2, 0) is 43.3 Å². The molecule has 10 aliphatic rings. The van der Waals surface area contributed by atoms with Gasteiger partial charge in [0.15, 0.2) is 0 Å². The molecule has 0 radical (unpaired) electrons. The Hall–Kier alpha value is -9.60. The molecule has 3 nitrogen and oxygen atoms in total. The number of anilines is 8. The van der Waals surface area contributed by atoms with Gasteiger partial charge in [-0.25, -0.2) is 0 Å². The second-order valence-electron chi connectivity index (χ2n) is 47.0. The highest BCUT2D eigenvalue weighted by atomic mass is 79.9. The number of halogens is 2. The van der Waals surface area contributed by atoms with Crippen molar-refractivity contribution in [2.45, 2.75) is 240 Å². The zero-order valence-corrected chi connectivity index (χ0v) is 84.9. The van der Waals surface area contributed by atoms with Crippen molar-refractivity contribution in [1.82, 2.24) is 0 Å². The van der Waals surface area contributed by atoms with Crippen LogP contribution < -0.4 is 15.1 Å². The molecule has 16 aromatic rings. The van der Waals surface area contributed by atoms with Gasteiger partial charge in [0, 0.05) is 111 Å². The van der Waals surface area contributed by atoms with Gasteiger partial charge in [-0.05, 0) is 378 Å². The van der Waals surface area contributed by atoms with Crippen molar-refractivity contribution < 1.29 is 0 Å². The molecule has 14 aromatic carbocycles. The van der Waals surface area contributed by atoms with Gasteiger partial charge >= 0.3 is 0 Å². The smallest absolute Gasteiger partial charge is 0.0558 e. The first-order chi connectivity index (χ1) is 62.4. The van der Waals surface area contributed by atoms with Gasteiger partial charge in [-0.3, -0.25) is 0 Å². The van der Waals surface area contributed by atoms with Crippen LogP contribution in [0.5, 0.6) is 0 Å². The van der Waals surface area contributed by atoms with Crippen molar-refractivity contribution in [3.05, 3.63) is 332 Å². The Labute approximate surface area is 811 Å². The number of nitrogens with zero attached hydrogens (tertiary/aromatic N) is 2. The molecule has 8 saturated carbocycles. The van der Waals surface area contributed by atoms with E-state index in [1.165, 1.54) is 219 Å². The van der Waals surface area contributed by atoms with Crippen LogP contribution in [0, 0.1) is 47.3 Å². The minimum atomic E-state index is -0.0650. The third-order valence-electron chi connectivity index (χ3n) is 32.6. The number of nitrogens with one attached hydrogen (secondary N) is 1. The Morgan fingerprint density at radius 3 is 0.992 bits per heavy atom. The van der Waals surface area contributed by atoms with E-state index in [4.69, 9.17) is 0 Å². The zero-order chi connectivity index (χ0) is 90.9. The Bertz CT molecular complexity index is 6960. The fourth-order valence-corrected chi connectivity index (χ4v) is 30.1. The van der Waals surface area contributed by atoms with Crippen molar-refractivity contribution in [1.29, 1.82) is 0 Å². The van der Waals surface area contributed by atoms with E-state index >= 15 is 0 Å². The summed E-state index contributed by atoms with van der Waals surface area (Å²) in [7, 11) is 0. The van der Waals surface area contributed by atoms with Gasteiger partial charge in [0.05, 0.1) is 5.69 Å². The molecule has 8 bridgehead atoms. The molecule has 0 aliphatic heterocycles. The predicted molar refractivity (Wildman–Crippen MR) is 580 cm³/mol. The van der Waals surface area contributed by atoms with E-state index < -0.39 is 0 Å². The summed E-state index contributed by atoms with van der Waals surface area (Å²) in [5, 5.41) is 14.4. The molecule has 26 rings (SSSR count). The quantitative estimate of drug-likeness (QED) is 0.164. The molecular weight excluding hydrogens is 1770 g/mol. The molecule has 0 unspecified atom stereocenters. The van der Waals surface area contributed by atoms with Gasteiger partial charge in [0.25, 0.3) is 0 Å².